The molecule has 0 aromatic heterocycles. The number of halogens is 3. The molecule has 31 heavy (non-hydrogen) atoms. The summed E-state index contributed by atoms with van der Waals surface area (Å²) in [6.07, 6.45) is 9.48. The van der Waals surface area contributed by atoms with Crippen molar-refractivity contribution in [1.29, 1.82) is 0 Å². The van der Waals surface area contributed by atoms with Gasteiger partial charge in [-0.15, -0.1) is 0 Å². The molecule has 2 amide bonds. The number of rotatable bonds is 8. The molecule has 0 aliphatic heterocycles. The lowest BCUT2D eigenvalue weighted by atomic mass is 9.89. The van der Waals surface area contributed by atoms with Crippen LogP contribution in [0.15, 0.2) is 54.7 Å². The van der Waals surface area contributed by atoms with Gasteiger partial charge in [-0.1, -0.05) is 49.6 Å². The summed E-state index contributed by atoms with van der Waals surface area (Å²) in [4.78, 5) is 23.8. The van der Waals surface area contributed by atoms with Crippen LogP contribution in [0, 0.1) is 5.92 Å². The van der Waals surface area contributed by atoms with Crippen LogP contribution in [-0.2, 0) is 11.0 Å². The van der Waals surface area contributed by atoms with Gasteiger partial charge < -0.3 is 10.6 Å². The van der Waals surface area contributed by atoms with E-state index >= 15 is 0 Å². The highest BCUT2D eigenvalue weighted by molar-refractivity contribution is 6.01. The van der Waals surface area contributed by atoms with Crippen LogP contribution in [0.5, 0.6) is 0 Å². The summed E-state index contributed by atoms with van der Waals surface area (Å²) in [6.45, 7) is 5.51. The summed E-state index contributed by atoms with van der Waals surface area (Å²) >= 11 is 0. The fourth-order valence-electron chi connectivity index (χ4n) is 3.45. The SMILES string of the molecule is C=CC(=O)Nc1cc(C(=O)NCC/C(C)=C/C=C\C2CCCCC2)cc(C(F)(F)F)c1. The first-order valence-corrected chi connectivity index (χ1v) is 10.5. The van der Waals surface area contributed by atoms with E-state index in [9.17, 15) is 22.8 Å². The maximum Gasteiger partial charge on any atom is 0.416 e. The molecule has 1 saturated carbocycles. The number of carbonyl (C=O) groups excluding carboxylic acids is 2. The number of carbonyl (C=O) groups is 2. The maximum atomic E-state index is 13.2. The number of hydrogen-bond donors (Lipinski definition) is 2. The molecule has 1 fully saturated rings. The van der Waals surface area contributed by atoms with Gasteiger partial charge in [0.15, 0.2) is 0 Å². The molecule has 1 aromatic rings. The van der Waals surface area contributed by atoms with Crippen LogP contribution >= 0.6 is 0 Å². The predicted octanol–water partition coefficient (Wildman–Crippen LogP) is 6.03. The molecule has 1 aliphatic rings. The lowest BCUT2D eigenvalue weighted by molar-refractivity contribution is -0.137. The van der Waals surface area contributed by atoms with E-state index in [1.807, 2.05) is 13.0 Å². The molecule has 7 heteroatoms. The van der Waals surface area contributed by atoms with Gasteiger partial charge in [0.2, 0.25) is 5.91 Å². The van der Waals surface area contributed by atoms with Crippen LogP contribution in [0.2, 0.25) is 0 Å². The van der Waals surface area contributed by atoms with Crippen LogP contribution in [0.25, 0.3) is 0 Å². The molecule has 2 rings (SSSR count). The summed E-state index contributed by atoms with van der Waals surface area (Å²) in [5, 5.41) is 4.91. The Bertz CT molecular complexity index is 851. The van der Waals surface area contributed by atoms with E-state index in [0.29, 0.717) is 18.9 Å². The van der Waals surface area contributed by atoms with E-state index in [4.69, 9.17) is 0 Å². The minimum absolute atomic E-state index is 0.117. The molecule has 0 atom stereocenters. The molecule has 0 heterocycles. The summed E-state index contributed by atoms with van der Waals surface area (Å²) in [5.74, 6) is -0.660. The minimum atomic E-state index is -4.64. The van der Waals surface area contributed by atoms with Gasteiger partial charge in [0, 0.05) is 17.8 Å². The molecule has 1 aliphatic carbocycles. The van der Waals surface area contributed by atoms with Gasteiger partial charge in [-0.2, -0.15) is 13.2 Å². The first kappa shape index (κ1) is 24.4. The smallest absolute Gasteiger partial charge is 0.352 e. The summed E-state index contributed by atoms with van der Waals surface area (Å²) in [6, 6.07) is 2.76. The zero-order valence-corrected chi connectivity index (χ0v) is 17.7. The highest BCUT2D eigenvalue weighted by Gasteiger charge is 2.32. The average Bonchev–Trinajstić information content (AvgIpc) is 2.73. The zero-order chi connectivity index (χ0) is 22.9. The van der Waals surface area contributed by atoms with Crippen LogP contribution in [0.4, 0.5) is 18.9 Å². The third-order valence-corrected chi connectivity index (χ3v) is 5.19. The molecule has 168 valence electrons. The van der Waals surface area contributed by atoms with Crippen molar-refractivity contribution in [3.8, 4) is 0 Å². The summed E-state index contributed by atoms with van der Waals surface area (Å²) in [5.41, 5.74) is -0.236. The second-order valence-corrected chi connectivity index (χ2v) is 7.79. The second kappa shape index (κ2) is 11.5. The van der Waals surface area contributed by atoms with Crippen molar-refractivity contribution < 1.29 is 22.8 Å². The molecule has 1 aromatic carbocycles. The number of benzene rings is 1. The molecule has 0 spiro atoms. The van der Waals surface area contributed by atoms with Crippen molar-refractivity contribution in [3.63, 3.8) is 0 Å². The fraction of sp³-hybridized carbons (Fsp3) is 0.417. The summed E-state index contributed by atoms with van der Waals surface area (Å²) in [7, 11) is 0. The van der Waals surface area contributed by atoms with E-state index < -0.39 is 23.6 Å². The van der Waals surface area contributed by atoms with Gasteiger partial charge in [0.25, 0.3) is 5.91 Å². The Morgan fingerprint density at radius 3 is 2.52 bits per heavy atom. The van der Waals surface area contributed by atoms with Crippen molar-refractivity contribution in [3.05, 3.63) is 65.8 Å². The Labute approximate surface area is 181 Å². The molecular formula is C24H29F3N2O2. The van der Waals surface area contributed by atoms with Crippen molar-refractivity contribution in [2.24, 2.45) is 5.92 Å². The van der Waals surface area contributed by atoms with E-state index in [-0.39, 0.29) is 11.3 Å². The number of hydrogen-bond acceptors (Lipinski definition) is 2. The highest BCUT2D eigenvalue weighted by Crippen LogP contribution is 2.32. The third kappa shape index (κ3) is 8.44. The molecule has 4 nitrogen and oxygen atoms in total. The Morgan fingerprint density at radius 1 is 1.16 bits per heavy atom. The number of alkyl halides is 3. The quantitative estimate of drug-likeness (QED) is 0.388. The molecule has 0 saturated heterocycles. The van der Waals surface area contributed by atoms with Crippen molar-refractivity contribution in [1.82, 2.24) is 5.32 Å². The van der Waals surface area contributed by atoms with Crippen LogP contribution in [-0.4, -0.2) is 18.4 Å². The maximum absolute atomic E-state index is 13.2. The number of nitrogens with one attached hydrogen (secondary N) is 2. The zero-order valence-electron chi connectivity index (χ0n) is 17.7. The normalized spacial score (nSPS) is 15.7. The molecule has 0 bridgehead atoms. The molecule has 2 N–H and O–H groups in total. The third-order valence-electron chi connectivity index (χ3n) is 5.19. The number of anilines is 1. The van der Waals surface area contributed by atoms with Gasteiger partial charge in [-0.3, -0.25) is 9.59 Å². The Hall–Kier alpha value is -2.83. The fourth-order valence-corrected chi connectivity index (χ4v) is 3.45. The predicted molar refractivity (Wildman–Crippen MR) is 117 cm³/mol. The lowest BCUT2D eigenvalue weighted by Crippen LogP contribution is -2.25. The monoisotopic (exact) mass is 434 g/mol. The Morgan fingerprint density at radius 2 is 1.87 bits per heavy atom. The Balaban J connectivity index is 1.96. The van der Waals surface area contributed by atoms with Crippen LogP contribution in [0.3, 0.4) is 0 Å². The molecular weight excluding hydrogens is 405 g/mol. The number of allylic oxidation sites excluding steroid dienone is 3. The van der Waals surface area contributed by atoms with Gasteiger partial charge in [0.05, 0.1) is 5.56 Å². The topological polar surface area (TPSA) is 58.2 Å². The van der Waals surface area contributed by atoms with Gasteiger partial charge in [0.1, 0.15) is 0 Å². The van der Waals surface area contributed by atoms with E-state index in [0.717, 1.165) is 23.8 Å². The standard InChI is InChI=1S/C24H29F3N2O2/c1-3-22(30)29-21-15-19(14-20(16-21)24(25,26)27)23(31)28-13-12-17(2)8-7-11-18-9-5-4-6-10-18/h3,7-8,11,14-16,18H,1,4-6,9-10,12-13H2,2H3,(H,28,31)(H,29,30)/b11-7-,17-8+. The average molecular weight is 435 g/mol. The van der Waals surface area contributed by atoms with Gasteiger partial charge in [-0.05, 0) is 56.4 Å². The number of amides is 2. The van der Waals surface area contributed by atoms with Crippen molar-refractivity contribution in [2.75, 3.05) is 11.9 Å². The minimum Gasteiger partial charge on any atom is -0.352 e. The Kier molecular flexibility index (Phi) is 9.09. The van der Waals surface area contributed by atoms with E-state index in [1.54, 1.807) is 0 Å². The van der Waals surface area contributed by atoms with E-state index in [1.165, 1.54) is 38.2 Å². The highest BCUT2D eigenvalue weighted by atomic mass is 19.4. The van der Waals surface area contributed by atoms with Gasteiger partial charge in [-0.25, -0.2) is 0 Å². The largest absolute Gasteiger partial charge is 0.416 e. The molecule has 0 radical (unpaired) electrons. The van der Waals surface area contributed by atoms with E-state index in [2.05, 4.69) is 29.4 Å². The van der Waals surface area contributed by atoms with Crippen molar-refractivity contribution >= 4 is 17.5 Å². The second-order valence-electron chi connectivity index (χ2n) is 7.79. The molecule has 0 unspecified atom stereocenters. The lowest BCUT2D eigenvalue weighted by Gasteiger charge is -2.17. The first-order valence-electron chi connectivity index (χ1n) is 10.5. The first-order chi connectivity index (χ1) is 14.7. The van der Waals surface area contributed by atoms with Crippen LogP contribution in [0.1, 0.15) is 61.4 Å². The van der Waals surface area contributed by atoms with Crippen molar-refractivity contribution in [2.45, 2.75) is 51.6 Å². The van der Waals surface area contributed by atoms with Gasteiger partial charge >= 0.3 is 6.18 Å². The summed E-state index contributed by atoms with van der Waals surface area (Å²) < 4.78 is 39.5. The van der Waals surface area contributed by atoms with Crippen LogP contribution < -0.4 is 10.6 Å².